The van der Waals surface area contributed by atoms with Gasteiger partial charge in [0.25, 0.3) is 0 Å². The van der Waals surface area contributed by atoms with Gasteiger partial charge in [0.05, 0.1) is 0 Å². The average molecular weight is 853 g/mol. The third kappa shape index (κ3) is 31.6. The highest BCUT2D eigenvalue weighted by Gasteiger charge is 2.29. The molecule has 0 saturated carbocycles. The van der Waals surface area contributed by atoms with Crippen LogP contribution in [0.15, 0.2) is 18.2 Å². The maximum atomic E-state index is 14.8. The predicted molar refractivity (Wildman–Crippen MR) is 267 cm³/mol. The van der Waals surface area contributed by atoms with Crippen LogP contribution in [0, 0.1) is 5.92 Å². The van der Waals surface area contributed by atoms with Gasteiger partial charge in [-0.2, -0.15) is 0 Å². The molecule has 0 aliphatic rings. The molecule has 1 aromatic rings. The van der Waals surface area contributed by atoms with Crippen LogP contribution in [-0.4, -0.2) is 54.9 Å². The number of amides is 1. The van der Waals surface area contributed by atoms with Crippen LogP contribution in [0.25, 0.3) is 0 Å². The van der Waals surface area contributed by atoms with Gasteiger partial charge in [-0.15, -0.1) is 0 Å². The van der Waals surface area contributed by atoms with Crippen LogP contribution in [0.2, 0.25) is 0 Å². The number of hydrogen-bond donors (Lipinski definition) is 0. The normalized spacial score (nSPS) is 12.6. The fourth-order valence-corrected chi connectivity index (χ4v) is 9.22. The summed E-state index contributed by atoms with van der Waals surface area (Å²) in [5.41, 5.74) is 3.95. The standard InChI is InChI=1S/C56H104N2O3/c1-8-13-18-23-25-26-28-33-41-54(58(45-36-44-57(6)7)56(60)53(39-31-22-17-12-5)40-32-27-24-19-14-9-2)42-34-35-43-55(59)61-49-52-47-50(37-29-20-15-10-3)46-51(48-52)38-30-21-16-11-4/h46-48,53-54H,8-45,49H2,1-7H3. The van der Waals surface area contributed by atoms with Gasteiger partial charge in [0.2, 0.25) is 5.91 Å². The SMILES string of the molecule is CCCCCCCCCCC(CCCCC(=O)OCc1cc(CCCCCC)cc(CCCCCC)c1)N(CCCN(C)C)C(=O)C(CCCCCC)CCCCCCCC. The molecule has 5 heteroatoms. The lowest BCUT2D eigenvalue weighted by atomic mass is 9.91. The maximum absolute atomic E-state index is 14.8. The van der Waals surface area contributed by atoms with Gasteiger partial charge in [0.15, 0.2) is 0 Å². The summed E-state index contributed by atoms with van der Waals surface area (Å²) >= 11 is 0. The molecule has 5 nitrogen and oxygen atoms in total. The molecule has 0 heterocycles. The molecule has 2 unspecified atom stereocenters. The lowest BCUT2D eigenvalue weighted by Crippen LogP contribution is -2.45. The van der Waals surface area contributed by atoms with E-state index in [1.54, 1.807) is 0 Å². The topological polar surface area (TPSA) is 49.9 Å². The summed E-state index contributed by atoms with van der Waals surface area (Å²) in [4.78, 5) is 32.7. The van der Waals surface area contributed by atoms with Crippen molar-refractivity contribution in [3.8, 4) is 0 Å². The number of aryl methyl sites for hydroxylation is 2. The van der Waals surface area contributed by atoms with E-state index in [0.29, 0.717) is 18.9 Å². The minimum Gasteiger partial charge on any atom is -0.461 e. The summed E-state index contributed by atoms with van der Waals surface area (Å²) in [6, 6.07) is 7.24. The van der Waals surface area contributed by atoms with Crippen LogP contribution < -0.4 is 0 Å². The lowest BCUT2D eigenvalue weighted by Gasteiger charge is -2.36. The van der Waals surface area contributed by atoms with E-state index in [0.717, 1.165) is 76.4 Å². The fraction of sp³-hybridized carbons (Fsp3) is 0.857. The number of ether oxygens (including phenoxy) is 1. The number of unbranched alkanes of at least 4 members (excludes halogenated alkanes) is 22. The molecule has 356 valence electrons. The van der Waals surface area contributed by atoms with E-state index in [1.165, 1.54) is 178 Å². The Morgan fingerprint density at radius 1 is 0.459 bits per heavy atom. The van der Waals surface area contributed by atoms with Crippen molar-refractivity contribution in [3.63, 3.8) is 0 Å². The molecule has 1 aromatic carbocycles. The van der Waals surface area contributed by atoms with Crippen molar-refractivity contribution in [3.05, 3.63) is 34.9 Å². The van der Waals surface area contributed by atoms with Crippen molar-refractivity contribution in [2.75, 3.05) is 27.2 Å². The first-order valence-electron chi connectivity index (χ1n) is 27.0. The van der Waals surface area contributed by atoms with E-state index in [1.807, 2.05) is 0 Å². The van der Waals surface area contributed by atoms with Gasteiger partial charge in [-0.1, -0.05) is 213 Å². The van der Waals surface area contributed by atoms with Gasteiger partial charge in [-0.25, -0.2) is 0 Å². The summed E-state index contributed by atoms with van der Waals surface area (Å²) < 4.78 is 5.97. The number of benzene rings is 1. The first-order valence-corrected chi connectivity index (χ1v) is 27.0. The summed E-state index contributed by atoms with van der Waals surface area (Å²) in [6.45, 7) is 13.6. The van der Waals surface area contributed by atoms with E-state index in [-0.39, 0.29) is 17.9 Å². The highest BCUT2D eigenvalue weighted by atomic mass is 16.5. The molecule has 0 spiro atoms. The Kier molecular flexibility index (Phi) is 38.3. The molecular weight excluding hydrogens is 749 g/mol. The van der Waals surface area contributed by atoms with Gasteiger partial charge < -0.3 is 14.5 Å². The number of carbonyl (C=O) groups is 2. The van der Waals surface area contributed by atoms with Crippen LogP contribution in [0.4, 0.5) is 0 Å². The highest BCUT2D eigenvalue weighted by Crippen LogP contribution is 2.27. The monoisotopic (exact) mass is 853 g/mol. The molecular formula is C56H104N2O3. The molecule has 0 aromatic heterocycles. The van der Waals surface area contributed by atoms with Gasteiger partial charge in [0.1, 0.15) is 6.61 Å². The Hall–Kier alpha value is -1.88. The zero-order valence-electron chi connectivity index (χ0n) is 42.1. The lowest BCUT2D eigenvalue weighted by molar-refractivity contribution is -0.145. The Labute approximate surface area is 381 Å². The van der Waals surface area contributed by atoms with E-state index in [9.17, 15) is 9.59 Å². The van der Waals surface area contributed by atoms with Gasteiger partial charge in [0, 0.05) is 24.9 Å². The largest absolute Gasteiger partial charge is 0.461 e. The average Bonchev–Trinajstić information content (AvgIpc) is 3.25. The summed E-state index contributed by atoms with van der Waals surface area (Å²) in [5.74, 6) is 0.498. The third-order valence-electron chi connectivity index (χ3n) is 13.1. The zero-order valence-corrected chi connectivity index (χ0v) is 42.1. The van der Waals surface area contributed by atoms with Crippen LogP contribution >= 0.6 is 0 Å². The van der Waals surface area contributed by atoms with E-state index >= 15 is 0 Å². The molecule has 0 bridgehead atoms. The molecule has 1 rings (SSSR count). The minimum atomic E-state index is -0.0811. The van der Waals surface area contributed by atoms with Crippen molar-refractivity contribution in [1.29, 1.82) is 0 Å². The fourth-order valence-electron chi connectivity index (χ4n) is 9.22. The molecule has 2 atom stereocenters. The molecule has 0 fully saturated rings. The number of nitrogens with zero attached hydrogens (tertiary/aromatic N) is 2. The van der Waals surface area contributed by atoms with Crippen molar-refractivity contribution >= 4 is 11.9 Å². The second kappa shape index (κ2) is 40.9. The van der Waals surface area contributed by atoms with Crippen LogP contribution in [0.1, 0.15) is 270 Å². The Morgan fingerprint density at radius 3 is 1.33 bits per heavy atom. The molecule has 0 aliphatic carbocycles. The van der Waals surface area contributed by atoms with Crippen molar-refractivity contribution in [2.45, 2.75) is 278 Å². The van der Waals surface area contributed by atoms with Gasteiger partial charge in [-0.3, -0.25) is 9.59 Å². The number of esters is 1. The molecule has 61 heavy (non-hydrogen) atoms. The number of hydrogen-bond acceptors (Lipinski definition) is 4. The smallest absolute Gasteiger partial charge is 0.306 e. The van der Waals surface area contributed by atoms with E-state index in [4.69, 9.17) is 4.74 Å². The first-order chi connectivity index (χ1) is 29.8. The number of rotatable bonds is 44. The Morgan fingerprint density at radius 2 is 0.852 bits per heavy atom. The van der Waals surface area contributed by atoms with E-state index < -0.39 is 0 Å². The first kappa shape index (κ1) is 57.1. The van der Waals surface area contributed by atoms with Crippen LogP contribution in [0.3, 0.4) is 0 Å². The number of carbonyl (C=O) groups excluding carboxylic acids is 2. The van der Waals surface area contributed by atoms with Gasteiger partial charge in [-0.05, 0) is 102 Å². The predicted octanol–water partition coefficient (Wildman–Crippen LogP) is 16.6. The highest BCUT2D eigenvalue weighted by molar-refractivity contribution is 5.79. The second-order valence-electron chi connectivity index (χ2n) is 19.4. The minimum absolute atomic E-state index is 0.0811. The molecule has 0 N–H and O–H groups in total. The molecule has 0 saturated heterocycles. The maximum Gasteiger partial charge on any atom is 0.306 e. The molecule has 0 aliphatic heterocycles. The second-order valence-corrected chi connectivity index (χ2v) is 19.4. The Balaban J connectivity index is 3.06. The van der Waals surface area contributed by atoms with Crippen LogP contribution in [-0.2, 0) is 33.8 Å². The zero-order chi connectivity index (χ0) is 44.6. The summed E-state index contributed by atoms with van der Waals surface area (Å²) in [7, 11) is 4.30. The Bertz CT molecular complexity index is 1120. The third-order valence-corrected chi connectivity index (χ3v) is 13.1. The van der Waals surface area contributed by atoms with Crippen molar-refractivity contribution in [1.82, 2.24) is 9.80 Å². The summed E-state index contributed by atoms with van der Waals surface area (Å²) in [5, 5.41) is 0. The van der Waals surface area contributed by atoms with Crippen molar-refractivity contribution in [2.24, 2.45) is 5.92 Å². The molecule has 0 radical (unpaired) electrons. The van der Waals surface area contributed by atoms with Crippen molar-refractivity contribution < 1.29 is 14.3 Å². The quantitative estimate of drug-likeness (QED) is 0.0485. The summed E-state index contributed by atoms with van der Waals surface area (Å²) in [6.07, 6.45) is 42.7. The van der Waals surface area contributed by atoms with Crippen LogP contribution in [0.5, 0.6) is 0 Å². The van der Waals surface area contributed by atoms with E-state index in [2.05, 4.69) is 76.7 Å². The van der Waals surface area contributed by atoms with Gasteiger partial charge >= 0.3 is 5.97 Å². The molecule has 1 amide bonds.